The Morgan fingerprint density at radius 2 is 1.69 bits per heavy atom. The summed E-state index contributed by atoms with van der Waals surface area (Å²) in [6.07, 6.45) is 8.06. The number of nitrogens with one attached hydrogen (secondary N) is 1. The zero-order valence-electron chi connectivity index (χ0n) is 10.3. The normalized spacial score (nSPS) is 54.0. The van der Waals surface area contributed by atoms with Crippen LogP contribution in [0.1, 0.15) is 52.4 Å². The van der Waals surface area contributed by atoms with Crippen molar-refractivity contribution in [2.75, 3.05) is 0 Å². The van der Waals surface area contributed by atoms with Crippen molar-refractivity contribution >= 4 is 17.3 Å². The zero-order chi connectivity index (χ0) is 11.6. The van der Waals surface area contributed by atoms with Crippen LogP contribution in [0, 0.1) is 16.7 Å². The largest absolute Gasteiger partial charge is 0.376 e. The van der Waals surface area contributed by atoms with E-state index in [1.165, 1.54) is 38.5 Å². The summed E-state index contributed by atoms with van der Waals surface area (Å²) < 4.78 is 0. The van der Waals surface area contributed by atoms with Gasteiger partial charge in [-0.3, -0.25) is 0 Å². The van der Waals surface area contributed by atoms with Crippen molar-refractivity contribution in [3.05, 3.63) is 0 Å². The van der Waals surface area contributed by atoms with E-state index in [0.717, 1.165) is 5.92 Å². The highest BCUT2D eigenvalue weighted by molar-refractivity contribution is 7.80. The van der Waals surface area contributed by atoms with Gasteiger partial charge in [-0.15, -0.1) is 0 Å². The van der Waals surface area contributed by atoms with E-state index in [-0.39, 0.29) is 5.54 Å². The summed E-state index contributed by atoms with van der Waals surface area (Å²) in [5.74, 6) is 0.896. The lowest BCUT2D eigenvalue weighted by Gasteiger charge is -2.65. The molecular weight excluding hydrogens is 216 g/mol. The van der Waals surface area contributed by atoms with Gasteiger partial charge in [-0.25, -0.2) is 0 Å². The molecule has 4 aliphatic carbocycles. The molecule has 4 aliphatic rings. The number of hydrogen-bond acceptors (Lipinski definition) is 1. The van der Waals surface area contributed by atoms with Crippen molar-refractivity contribution in [1.82, 2.24) is 5.32 Å². The molecule has 2 nitrogen and oxygen atoms in total. The fourth-order valence-corrected chi connectivity index (χ4v) is 6.06. The first kappa shape index (κ1) is 10.8. The van der Waals surface area contributed by atoms with E-state index in [1.807, 2.05) is 0 Å². The molecule has 3 heteroatoms. The van der Waals surface area contributed by atoms with Gasteiger partial charge in [0.25, 0.3) is 0 Å². The van der Waals surface area contributed by atoms with Crippen molar-refractivity contribution in [2.45, 2.75) is 57.9 Å². The highest BCUT2D eigenvalue weighted by Crippen LogP contribution is 2.66. The van der Waals surface area contributed by atoms with Gasteiger partial charge < -0.3 is 11.1 Å². The van der Waals surface area contributed by atoms with E-state index >= 15 is 0 Å². The van der Waals surface area contributed by atoms with Crippen LogP contribution in [-0.2, 0) is 0 Å². The molecule has 0 aromatic carbocycles. The van der Waals surface area contributed by atoms with Gasteiger partial charge in [0.05, 0.1) is 0 Å². The van der Waals surface area contributed by atoms with Gasteiger partial charge in [0.15, 0.2) is 5.11 Å². The molecule has 0 saturated heterocycles. The molecule has 16 heavy (non-hydrogen) atoms. The predicted octanol–water partition coefficient (Wildman–Crippen LogP) is 2.57. The number of rotatable bonds is 1. The van der Waals surface area contributed by atoms with E-state index in [1.54, 1.807) is 0 Å². The Hall–Kier alpha value is -0.310. The predicted molar refractivity (Wildman–Crippen MR) is 70.1 cm³/mol. The first-order valence-electron chi connectivity index (χ1n) is 6.40. The number of hydrogen-bond donors (Lipinski definition) is 2. The molecule has 0 spiro atoms. The molecule has 4 fully saturated rings. The molecular formula is C13H22N2S. The Labute approximate surface area is 103 Å². The minimum Gasteiger partial charge on any atom is -0.376 e. The SMILES string of the molecule is CC12CC3CC(C)(C1)CC(NC(N)=S)(C3)C2. The molecule has 4 rings (SSSR count). The van der Waals surface area contributed by atoms with Crippen LogP contribution in [0.5, 0.6) is 0 Å². The highest BCUT2D eigenvalue weighted by atomic mass is 32.1. The smallest absolute Gasteiger partial charge is 0.164 e. The summed E-state index contributed by atoms with van der Waals surface area (Å²) in [7, 11) is 0. The monoisotopic (exact) mass is 238 g/mol. The highest BCUT2D eigenvalue weighted by Gasteiger charge is 2.60. The van der Waals surface area contributed by atoms with Crippen LogP contribution in [0.4, 0.5) is 0 Å². The molecule has 2 unspecified atom stereocenters. The third-order valence-corrected chi connectivity index (χ3v) is 5.12. The van der Waals surface area contributed by atoms with Gasteiger partial charge in [0.1, 0.15) is 0 Å². The van der Waals surface area contributed by atoms with Gasteiger partial charge in [-0.1, -0.05) is 13.8 Å². The Balaban J connectivity index is 1.95. The minimum absolute atomic E-state index is 0.231. The second-order valence-electron chi connectivity index (χ2n) is 7.40. The summed E-state index contributed by atoms with van der Waals surface area (Å²) in [5.41, 5.74) is 7.02. The van der Waals surface area contributed by atoms with Crippen molar-refractivity contribution in [2.24, 2.45) is 22.5 Å². The van der Waals surface area contributed by atoms with Crippen LogP contribution >= 0.6 is 12.2 Å². The van der Waals surface area contributed by atoms with Crippen molar-refractivity contribution in [1.29, 1.82) is 0 Å². The molecule has 0 radical (unpaired) electrons. The van der Waals surface area contributed by atoms with Gasteiger partial charge in [-0.05, 0) is 67.5 Å². The van der Waals surface area contributed by atoms with Gasteiger partial charge >= 0.3 is 0 Å². The minimum atomic E-state index is 0.231. The van der Waals surface area contributed by atoms with Gasteiger partial charge in [-0.2, -0.15) is 0 Å². The Morgan fingerprint density at radius 1 is 1.12 bits per heavy atom. The second kappa shape index (κ2) is 2.92. The lowest BCUT2D eigenvalue weighted by Crippen LogP contribution is -2.65. The topological polar surface area (TPSA) is 38.0 Å². The fraction of sp³-hybridized carbons (Fsp3) is 0.923. The van der Waals surface area contributed by atoms with Gasteiger partial charge in [0, 0.05) is 5.54 Å². The van der Waals surface area contributed by atoms with Crippen LogP contribution in [0.2, 0.25) is 0 Å². The maximum Gasteiger partial charge on any atom is 0.164 e. The van der Waals surface area contributed by atoms with Crippen molar-refractivity contribution in [3.63, 3.8) is 0 Å². The van der Waals surface area contributed by atoms with E-state index in [2.05, 4.69) is 19.2 Å². The van der Waals surface area contributed by atoms with Crippen LogP contribution < -0.4 is 11.1 Å². The number of thiocarbonyl (C=S) groups is 1. The molecule has 0 aliphatic heterocycles. The molecule has 4 bridgehead atoms. The molecule has 0 aromatic rings. The quantitative estimate of drug-likeness (QED) is 0.690. The fourth-order valence-electron chi connectivity index (χ4n) is 5.85. The van der Waals surface area contributed by atoms with Crippen LogP contribution in [0.3, 0.4) is 0 Å². The molecule has 2 atom stereocenters. The first-order valence-corrected chi connectivity index (χ1v) is 6.81. The summed E-state index contributed by atoms with van der Waals surface area (Å²) in [4.78, 5) is 0. The van der Waals surface area contributed by atoms with E-state index in [0.29, 0.717) is 15.9 Å². The maximum atomic E-state index is 5.72. The number of nitrogens with two attached hydrogens (primary N) is 1. The summed E-state index contributed by atoms with van der Waals surface area (Å²) in [5, 5.41) is 3.94. The molecule has 0 heterocycles. The molecule has 0 amide bonds. The molecule has 0 aromatic heterocycles. The standard InChI is InChI=1S/C13H22N2S/c1-11-3-9-4-12(2,6-11)8-13(5-9,7-11)15-10(14)16/h9H,3-8H2,1-2H3,(H3,14,15,16). The van der Waals surface area contributed by atoms with Crippen LogP contribution in [-0.4, -0.2) is 10.7 Å². The Bertz CT molecular complexity index is 334. The molecule has 4 saturated carbocycles. The van der Waals surface area contributed by atoms with Crippen LogP contribution in [0.25, 0.3) is 0 Å². The van der Waals surface area contributed by atoms with E-state index < -0.39 is 0 Å². The molecule has 90 valence electrons. The van der Waals surface area contributed by atoms with E-state index in [4.69, 9.17) is 18.0 Å². The van der Waals surface area contributed by atoms with Crippen LogP contribution in [0.15, 0.2) is 0 Å². The van der Waals surface area contributed by atoms with E-state index in [9.17, 15) is 0 Å². The lowest BCUT2D eigenvalue weighted by molar-refractivity contribution is -0.111. The second-order valence-corrected chi connectivity index (χ2v) is 7.84. The lowest BCUT2D eigenvalue weighted by atomic mass is 9.43. The average molecular weight is 238 g/mol. The maximum absolute atomic E-state index is 5.72. The summed E-state index contributed by atoms with van der Waals surface area (Å²) in [6, 6.07) is 0. The summed E-state index contributed by atoms with van der Waals surface area (Å²) in [6.45, 7) is 4.93. The first-order chi connectivity index (χ1) is 7.32. The van der Waals surface area contributed by atoms with Crippen molar-refractivity contribution < 1.29 is 0 Å². The third kappa shape index (κ3) is 1.55. The Morgan fingerprint density at radius 3 is 2.12 bits per heavy atom. The molecule has 3 N–H and O–H groups in total. The summed E-state index contributed by atoms with van der Waals surface area (Å²) >= 11 is 5.07. The third-order valence-electron chi connectivity index (χ3n) is 5.01. The average Bonchev–Trinajstić information content (AvgIpc) is 1.91. The Kier molecular flexibility index (Phi) is 1.98. The van der Waals surface area contributed by atoms with Gasteiger partial charge in [0.2, 0.25) is 0 Å². The van der Waals surface area contributed by atoms with Crippen molar-refractivity contribution in [3.8, 4) is 0 Å². The zero-order valence-corrected chi connectivity index (χ0v) is 11.1.